The third kappa shape index (κ3) is 3.94. The van der Waals surface area contributed by atoms with Crippen LogP contribution in [0.3, 0.4) is 0 Å². The minimum atomic E-state index is -0.968. The van der Waals surface area contributed by atoms with Crippen LogP contribution in [0.25, 0.3) is 10.8 Å². The number of hydrogen-bond donors (Lipinski definition) is 1. The van der Waals surface area contributed by atoms with E-state index >= 15 is 0 Å². The number of hydrogen-bond acceptors (Lipinski definition) is 3. The van der Waals surface area contributed by atoms with Gasteiger partial charge in [0.2, 0.25) is 5.88 Å². The molecular formula is C17H21NO3. The van der Waals surface area contributed by atoms with E-state index in [1.165, 1.54) is 25.5 Å². The summed E-state index contributed by atoms with van der Waals surface area (Å²) in [6.07, 6.45) is 7.23. The Bertz CT molecular complexity index is 610. The highest BCUT2D eigenvalue weighted by molar-refractivity contribution is 6.04. The smallest absolute Gasteiger partial charge is 0.337 e. The molecule has 4 heteroatoms. The van der Waals surface area contributed by atoms with E-state index in [4.69, 9.17) is 4.74 Å². The van der Waals surface area contributed by atoms with Gasteiger partial charge in [-0.25, -0.2) is 9.78 Å². The molecule has 0 aliphatic rings. The van der Waals surface area contributed by atoms with Crippen LogP contribution >= 0.6 is 0 Å². The number of unbranched alkanes of at least 4 members (excludes halogenated alkanes) is 4. The lowest BCUT2D eigenvalue weighted by Gasteiger charge is -2.09. The van der Waals surface area contributed by atoms with Gasteiger partial charge in [0.1, 0.15) is 0 Å². The van der Waals surface area contributed by atoms with Crippen LogP contribution in [-0.2, 0) is 0 Å². The summed E-state index contributed by atoms with van der Waals surface area (Å²) >= 11 is 0. The molecule has 1 N–H and O–H groups in total. The van der Waals surface area contributed by atoms with Crippen LogP contribution in [0.4, 0.5) is 0 Å². The number of nitrogens with zero attached hydrogens (tertiary/aromatic N) is 1. The first-order chi connectivity index (χ1) is 10.2. The fraction of sp³-hybridized carbons (Fsp3) is 0.412. The number of carboxylic acids is 1. The average Bonchev–Trinajstić information content (AvgIpc) is 2.50. The molecular weight excluding hydrogens is 266 g/mol. The minimum Gasteiger partial charge on any atom is -0.478 e. The first-order valence-electron chi connectivity index (χ1n) is 7.48. The van der Waals surface area contributed by atoms with Crippen LogP contribution in [0.2, 0.25) is 0 Å². The second-order valence-electron chi connectivity index (χ2n) is 5.09. The van der Waals surface area contributed by atoms with Gasteiger partial charge in [0.25, 0.3) is 0 Å². The zero-order valence-corrected chi connectivity index (χ0v) is 12.3. The van der Waals surface area contributed by atoms with Crippen molar-refractivity contribution in [1.82, 2.24) is 4.98 Å². The van der Waals surface area contributed by atoms with Crippen molar-refractivity contribution in [3.8, 4) is 5.88 Å². The second-order valence-corrected chi connectivity index (χ2v) is 5.09. The number of benzene rings is 1. The van der Waals surface area contributed by atoms with Gasteiger partial charge in [0.05, 0.1) is 12.2 Å². The maximum absolute atomic E-state index is 11.2. The molecule has 0 saturated carbocycles. The van der Waals surface area contributed by atoms with E-state index in [2.05, 4.69) is 11.9 Å². The van der Waals surface area contributed by atoms with Gasteiger partial charge >= 0.3 is 5.97 Å². The molecule has 21 heavy (non-hydrogen) atoms. The summed E-state index contributed by atoms with van der Waals surface area (Å²) in [5, 5.41) is 10.6. The zero-order chi connectivity index (χ0) is 15.1. The Morgan fingerprint density at radius 1 is 1.14 bits per heavy atom. The van der Waals surface area contributed by atoms with E-state index in [0.717, 1.165) is 18.2 Å². The van der Waals surface area contributed by atoms with E-state index in [1.54, 1.807) is 6.07 Å². The zero-order valence-electron chi connectivity index (χ0n) is 12.3. The third-order valence-corrected chi connectivity index (χ3v) is 3.48. The lowest BCUT2D eigenvalue weighted by atomic mass is 10.1. The third-order valence-electron chi connectivity index (χ3n) is 3.48. The van der Waals surface area contributed by atoms with Crippen LogP contribution in [-0.4, -0.2) is 22.7 Å². The monoisotopic (exact) mass is 287 g/mol. The lowest BCUT2D eigenvalue weighted by molar-refractivity contribution is 0.0698. The quantitative estimate of drug-likeness (QED) is 0.736. The molecule has 2 aromatic rings. The number of aromatic carboxylic acids is 1. The van der Waals surface area contributed by atoms with Crippen molar-refractivity contribution >= 4 is 16.7 Å². The Morgan fingerprint density at radius 2 is 1.86 bits per heavy atom. The van der Waals surface area contributed by atoms with Gasteiger partial charge in [-0.2, -0.15) is 0 Å². The molecule has 0 spiro atoms. The summed E-state index contributed by atoms with van der Waals surface area (Å²) in [6.45, 7) is 2.81. The van der Waals surface area contributed by atoms with Crippen molar-refractivity contribution in [3.63, 3.8) is 0 Å². The van der Waals surface area contributed by atoms with Gasteiger partial charge < -0.3 is 9.84 Å². The fourth-order valence-electron chi connectivity index (χ4n) is 2.33. The summed E-state index contributed by atoms with van der Waals surface area (Å²) in [7, 11) is 0. The Hall–Kier alpha value is -2.10. The molecule has 1 heterocycles. The number of carboxylic acid groups (broad SMARTS) is 1. The second kappa shape index (κ2) is 7.62. The molecule has 0 saturated heterocycles. The van der Waals surface area contributed by atoms with Crippen LogP contribution < -0.4 is 4.74 Å². The number of pyridine rings is 1. The molecule has 112 valence electrons. The summed E-state index contributed by atoms with van der Waals surface area (Å²) < 4.78 is 5.73. The minimum absolute atomic E-state index is 0.209. The highest BCUT2D eigenvalue weighted by Crippen LogP contribution is 2.26. The number of aromatic nitrogens is 1. The SMILES string of the molecule is CCCCCCCOc1ncc(C(=O)O)c2ccccc12. The van der Waals surface area contributed by atoms with E-state index in [9.17, 15) is 9.90 Å². The van der Waals surface area contributed by atoms with Gasteiger partial charge in [0, 0.05) is 17.0 Å². The summed E-state index contributed by atoms with van der Waals surface area (Å²) in [4.78, 5) is 15.4. The van der Waals surface area contributed by atoms with Crippen molar-refractivity contribution in [2.45, 2.75) is 39.0 Å². The van der Waals surface area contributed by atoms with Crippen LogP contribution in [0.5, 0.6) is 5.88 Å². The van der Waals surface area contributed by atoms with Crippen molar-refractivity contribution < 1.29 is 14.6 Å². The van der Waals surface area contributed by atoms with Crippen molar-refractivity contribution in [1.29, 1.82) is 0 Å². The predicted molar refractivity (Wildman–Crippen MR) is 83.0 cm³/mol. The molecule has 0 fully saturated rings. The maximum atomic E-state index is 11.2. The first kappa shape index (κ1) is 15.3. The summed E-state index contributed by atoms with van der Waals surface area (Å²) in [5.74, 6) is -0.448. The molecule has 0 bridgehead atoms. The van der Waals surface area contributed by atoms with E-state index in [1.807, 2.05) is 18.2 Å². The molecule has 1 aromatic carbocycles. The van der Waals surface area contributed by atoms with Crippen molar-refractivity contribution in [2.24, 2.45) is 0 Å². The molecule has 0 aliphatic heterocycles. The molecule has 1 aromatic heterocycles. The van der Waals surface area contributed by atoms with Crippen molar-refractivity contribution in [2.75, 3.05) is 6.61 Å². The van der Waals surface area contributed by atoms with Crippen LogP contribution in [0.1, 0.15) is 49.4 Å². The van der Waals surface area contributed by atoms with Gasteiger partial charge in [-0.15, -0.1) is 0 Å². The van der Waals surface area contributed by atoms with Gasteiger partial charge in [0.15, 0.2) is 0 Å². The van der Waals surface area contributed by atoms with Crippen molar-refractivity contribution in [3.05, 3.63) is 36.0 Å². The van der Waals surface area contributed by atoms with Gasteiger partial charge in [-0.05, 0) is 12.5 Å². The highest BCUT2D eigenvalue weighted by atomic mass is 16.5. The predicted octanol–water partition coefficient (Wildman–Crippen LogP) is 4.28. The van der Waals surface area contributed by atoms with E-state index < -0.39 is 5.97 Å². The molecule has 0 amide bonds. The van der Waals surface area contributed by atoms with E-state index in [0.29, 0.717) is 17.9 Å². The number of ether oxygens (including phenoxy) is 1. The number of carbonyl (C=O) groups is 1. The molecule has 2 rings (SSSR count). The Labute approximate surface area is 124 Å². The van der Waals surface area contributed by atoms with Gasteiger partial charge in [-0.1, -0.05) is 50.8 Å². The van der Waals surface area contributed by atoms with Gasteiger partial charge in [-0.3, -0.25) is 0 Å². The highest BCUT2D eigenvalue weighted by Gasteiger charge is 2.12. The Morgan fingerprint density at radius 3 is 2.57 bits per heavy atom. The lowest BCUT2D eigenvalue weighted by Crippen LogP contribution is -2.03. The normalized spacial score (nSPS) is 10.7. The molecule has 4 nitrogen and oxygen atoms in total. The summed E-state index contributed by atoms with van der Waals surface area (Å²) in [6, 6.07) is 7.32. The van der Waals surface area contributed by atoms with Crippen LogP contribution in [0.15, 0.2) is 30.5 Å². The molecule has 0 unspecified atom stereocenters. The summed E-state index contributed by atoms with van der Waals surface area (Å²) in [5.41, 5.74) is 0.209. The average molecular weight is 287 g/mol. The Kier molecular flexibility index (Phi) is 5.55. The maximum Gasteiger partial charge on any atom is 0.337 e. The first-order valence-corrected chi connectivity index (χ1v) is 7.48. The van der Waals surface area contributed by atoms with E-state index in [-0.39, 0.29) is 5.56 Å². The fourth-order valence-corrected chi connectivity index (χ4v) is 2.33. The number of fused-ring (bicyclic) bond motifs is 1. The largest absolute Gasteiger partial charge is 0.478 e. The molecule has 0 radical (unpaired) electrons. The topological polar surface area (TPSA) is 59.4 Å². The van der Waals surface area contributed by atoms with Crippen LogP contribution in [0, 0.1) is 0 Å². The standard InChI is InChI=1S/C17H21NO3/c1-2-3-4-5-8-11-21-16-14-10-7-6-9-13(14)15(12-18-16)17(19)20/h6-7,9-10,12H,2-5,8,11H2,1H3,(H,19,20). The molecule has 0 atom stereocenters. The molecule has 0 aliphatic carbocycles. The number of rotatable bonds is 8. The Balaban J connectivity index is 2.07.